The van der Waals surface area contributed by atoms with E-state index in [0.29, 0.717) is 6.61 Å². The molecule has 1 aromatic carbocycles. The van der Waals surface area contributed by atoms with Crippen molar-refractivity contribution in [1.82, 2.24) is 5.32 Å². The fourth-order valence-electron chi connectivity index (χ4n) is 1.42. The molecule has 1 aromatic rings. The highest BCUT2D eigenvalue weighted by Crippen LogP contribution is 2.04. The third-order valence-electron chi connectivity index (χ3n) is 2.76. The second kappa shape index (κ2) is 9.07. The third kappa shape index (κ3) is 6.35. The quantitative estimate of drug-likeness (QED) is 0.498. The van der Waals surface area contributed by atoms with Crippen LogP contribution in [0.3, 0.4) is 0 Å². The molecule has 0 aliphatic carbocycles. The Morgan fingerprint density at radius 2 is 2.19 bits per heavy atom. The van der Waals surface area contributed by atoms with Crippen LogP contribution in [0.2, 0.25) is 0 Å². The lowest BCUT2D eigenvalue weighted by atomic mass is 10.2. The SMILES string of the molecule is CC[C@@H](C)N=C(NC(=O)c1cccc(F)c1)OCCOC. The van der Waals surface area contributed by atoms with Crippen LogP contribution in [0.4, 0.5) is 4.39 Å². The molecule has 21 heavy (non-hydrogen) atoms. The van der Waals surface area contributed by atoms with Crippen LogP contribution in [0.5, 0.6) is 0 Å². The lowest BCUT2D eigenvalue weighted by Gasteiger charge is -2.12. The summed E-state index contributed by atoms with van der Waals surface area (Å²) in [6.07, 6.45) is 0.812. The monoisotopic (exact) mass is 296 g/mol. The van der Waals surface area contributed by atoms with E-state index in [0.717, 1.165) is 12.5 Å². The zero-order valence-corrected chi connectivity index (χ0v) is 12.6. The van der Waals surface area contributed by atoms with Gasteiger partial charge in [-0.3, -0.25) is 10.1 Å². The summed E-state index contributed by atoms with van der Waals surface area (Å²) in [7, 11) is 1.56. The third-order valence-corrected chi connectivity index (χ3v) is 2.76. The van der Waals surface area contributed by atoms with Crippen LogP contribution in [0.25, 0.3) is 0 Å². The van der Waals surface area contributed by atoms with Gasteiger partial charge in [0.05, 0.1) is 12.6 Å². The number of halogens is 1. The lowest BCUT2D eigenvalue weighted by molar-refractivity contribution is 0.0953. The molecule has 1 amide bonds. The topological polar surface area (TPSA) is 59.9 Å². The van der Waals surface area contributed by atoms with E-state index in [1.807, 2.05) is 13.8 Å². The molecule has 0 fully saturated rings. The molecular formula is C15H21FN2O3. The number of aliphatic imine (C=N–C) groups is 1. The summed E-state index contributed by atoms with van der Waals surface area (Å²) in [4.78, 5) is 16.3. The Hall–Kier alpha value is -1.95. The van der Waals surface area contributed by atoms with E-state index in [2.05, 4.69) is 10.3 Å². The second-order valence-electron chi connectivity index (χ2n) is 4.50. The van der Waals surface area contributed by atoms with Crippen molar-refractivity contribution in [1.29, 1.82) is 0 Å². The summed E-state index contributed by atoms with van der Waals surface area (Å²) < 4.78 is 23.4. The molecule has 0 aliphatic heterocycles. The standard InChI is InChI=1S/C15H21FN2O3/c1-4-11(2)17-15(21-9-8-20-3)18-14(19)12-6-5-7-13(16)10-12/h5-7,10-11H,4,8-9H2,1-3H3,(H,17,18,19)/t11-/m1/s1. The first-order valence-corrected chi connectivity index (χ1v) is 6.83. The highest BCUT2D eigenvalue weighted by molar-refractivity contribution is 6.04. The average molecular weight is 296 g/mol. The number of ether oxygens (including phenoxy) is 2. The molecule has 1 atom stereocenters. The Bertz CT molecular complexity index is 492. The van der Waals surface area contributed by atoms with E-state index in [1.165, 1.54) is 18.2 Å². The molecule has 0 spiro atoms. The summed E-state index contributed by atoms with van der Waals surface area (Å²) in [5.41, 5.74) is 0.210. The van der Waals surface area contributed by atoms with Crippen molar-refractivity contribution < 1.29 is 18.7 Å². The summed E-state index contributed by atoms with van der Waals surface area (Å²) in [6, 6.07) is 5.56. The second-order valence-corrected chi connectivity index (χ2v) is 4.50. The minimum absolute atomic E-state index is 0.00959. The lowest BCUT2D eigenvalue weighted by Crippen LogP contribution is -2.34. The van der Waals surface area contributed by atoms with Crippen molar-refractivity contribution in [2.45, 2.75) is 26.3 Å². The van der Waals surface area contributed by atoms with Gasteiger partial charge in [0.2, 0.25) is 0 Å². The predicted octanol–water partition coefficient (Wildman–Crippen LogP) is 2.37. The molecule has 0 saturated carbocycles. The van der Waals surface area contributed by atoms with E-state index in [-0.39, 0.29) is 24.2 Å². The molecular weight excluding hydrogens is 275 g/mol. The van der Waals surface area contributed by atoms with Crippen molar-refractivity contribution >= 4 is 11.9 Å². The fraction of sp³-hybridized carbons (Fsp3) is 0.467. The molecule has 5 nitrogen and oxygen atoms in total. The van der Waals surface area contributed by atoms with E-state index >= 15 is 0 Å². The number of carbonyl (C=O) groups is 1. The van der Waals surface area contributed by atoms with Crippen LogP contribution in [-0.2, 0) is 9.47 Å². The number of methoxy groups -OCH3 is 1. The zero-order valence-electron chi connectivity index (χ0n) is 12.6. The highest BCUT2D eigenvalue weighted by atomic mass is 19.1. The van der Waals surface area contributed by atoms with Crippen molar-refractivity contribution in [2.24, 2.45) is 4.99 Å². The number of nitrogens with zero attached hydrogens (tertiary/aromatic N) is 1. The van der Waals surface area contributed by atoms with Crippen LogP contribution in [-0.4, -0.2) is 38.3 Å². The number of hydrogen-bond acceptors (Lipinski definition) is 4. The number of benzene rings is 1. The van der Waals surface area contributed by atoms with Gasteiger partial charge < -0.3 is 9.47 Å². The number of hydrogen-bond donors (Lipinski definition) is 1. The molecule has 0 aromatic heterocycles. The van der Waals surface area contributed by atoms with Crippen LogP contribution < -0.4 is 5.32 Å². The van der Waals surface area contributed by atoms with Gasteiger partial charge in [-0.2, -0.15) is 0 Å². The smallest absolute Gasteiger partial charge is 0.292 e. The van der Waals surface area contributed by atoms with E-state index < -0.39 is 11.7 Å². The van der Waals surface area contributed by atoms with Crippen molar-refractivity contribution in [3.05, 3.63) is 35.6 Å². The van der Waals surface area contributed by atoms with Crippen LogP contribution in [0, 0.1) is 5.82 Å². The Kier molecular flexibility index (Phi) is 7.39. The Morgan fingerprint density at radius 1 is 1.43 bits per heavy atom. The van der Waals surface area contributed by atoms with Crippen molar-refractivity contribution in [3.63, 3.8) is 0 Å². The number of amides is 1. The van der Waals surface area contributed by atoms with Gasteiger partial charge in [-0.25, -0.2) is 9.38 Å². The maximum Gasteiger partial charge on any atom is 0.292 e. The molecule has 6 heteroatoms. The van der Waals surface area contributed by atoms with Gasteiger partial charge in [0.25, 0.3) is 11.9 Å². The highest BCUT2D eigenvalue weighted by Gasteiger charge is 2.11. The minimum Gasteiger partial charge on any atom is -0.463 e. The first kappa shape index (κ1) is 17.1. The number of nitrogens with one attached hydrogen (secondary N) is 1. The number of amidine groups is 1. The first-order valence-electron chi connectivity index (χ1n) is 6.83. The molecule has 116 valence electrons. The fourth-order valence-corrected chi connectivity index (χ4v) is 1.42. The number of rotatable bonds is 6. The molecule has 0 saturated heterocycles. The molecule has 0 unspecified atom stereocenters. The number of carbonyl (C=O) groups excluding carboxylic acids is 1. The van der Waals surface area contributed by atoms with Crippen molar-refractivity contribution in [2.75, 3.05) is 20.3 Å². The van der Waals surface area contributed by atoms with Crippen LogP contribution in [0.15, 0.2) is 29.3 Å². The molecule has 0 bridgehead atoms. The average Bonchev–Trinajstić information content (AvgIpc) is 2.47. The normalized spacial score (nSPS) is 12.9. The molecule has 1 rings (SSSR count). The maximum absolute atomic E-state index is 13.1. The molecule has 0 aliphatic rings. The van der Waals surface area contributed by atoms with Gasteiger partial charge in [-0.15, -0.1) is 0 Å². The molecule has 1 N–H and O–H groups in total. The zero-order chi connectivity index (χ0) is 15.7. The van der Waals surface area contributed by atoms with Gasteiger partial charge in [-0.05, 0) is 31.5 Å². The van der Waals surface area contributed by atoms with Gasteiger partial charge in [0.1, 0.15) is 12.4 Å². The molecule has 0 radical (unpaired) electrons. The molecule has 0 heterocycles. The summed E-state index contributed by atoms with van der Waals surface area (Å²) in [6.45, 7) is 4.55. The Balaban J connectivity index is 2.75. The summed E-state index contributed by atoms with van der Waals surface area (Å²) in [5.74, 6) is -0.933. The van der Waals surface area contributed by atoms with Crippen LogP contribution >= 0.6 is 0 Å². The summed E-state index contributed by atoms with van der Waals surface area (Å²) in [5, 5.41) is 2.55. The van der Waals surface area contributed by atoms with E-state index in [1.54, 1.807) is 7.11 Å². The first-order chi connectivity index (χ1) is 10.1. The van der Waals surface area contributed by atoms with Crippen LogP contribution in [0.1, 0.15) is 30.6 Å². The van der Waals surface area contributed by atoms with Gasteiger partial charge in [-0.1, -0.05) is 13.0 Å². The van der Waals surface area contributed by atoms with Gasteiger partial charge in [0, 0.05) is 12.7 Å². The van der Waals surface area contributed by atoms with Crippen molar-refractivity contribution in [3.8, 4) is 0 Å². The van der Waals surface area contributed by atoms with E-state index in [4.69, 9.17) is 9.47 Å². The Morgan fingerprint density at radius 3 is 2.81 bits per heavy atom. The Labute approximate surface area is 124 Å². The van der Waals surface area contributed by atoms with Gasteiger partial charge >= 0.3 is 0 Å². The van der Waals surface area contributed by atoms with E-state index in [9.17, 15) is 9.18 Å². The van der Waals surface area contributed by atoms with Gasteiger partial charge in [0.15, 0.2) is 0 Å². The minimum atomic E-state index is -0.469. The summed E-state index contributed by atoms with van der Waals surface area (Å²) >= 11 is 0. The maximum atomic E-state index is 13.1. The predicted molar refractivity (Wildman–Crippen MR) is 78.9 cm³/mol. The largest absolute Gasteiger partial charge is 0.463 e.